The van der Waals surface area contributed by atoms with Crippen LogP contribution in [-0.2, 0) is 4.79 Å². The number of hydrogen-bond donors (Lipinski definition) is 2. The molecule has 3 N–H and O–H groups in total. The van der Waals surface area contributed by atoms with E-state index in [9.17, 15) is 4.79 Å². The molecular formula is C14H24N2O. The summed E-state index contributed by atoms with van der Waals surface area (Å²) in [7, 11) is 0. The Morgan fingerprint density at radius 3 is 2.65 bits per heavy atom. The zero-order chi connectivity index (χ0) is 12.3. The molecule has 96 valence electrons. The number of amides is 1. The van der Waals surface area contributed by atoms with Crippen molar-refractivity contribution in [3.8, 4) is 0 Å². The molecule has 0 saturated heterocycles. The molecule has 1 atom stereocenters. The van der Waals surface area contributed by atoms with Crippen LogP contribution in [0, 0.1) is 0 Å². The summed E-state index contributed by atoms with van der Waals surface area (Å²) in [6, 6.07) is 0.156. The van der Waals surface area contributed by atoms with E-state index in [1.807, 2.05) is 0 Å². The van der Waals surface area contributed by atoms with Crippen molar-refractivity contribution in [3.05, 3.63) is 11.6 Å². The van der Waals surface area contributed by atoms with Crippen LogP contribution in [0.5, 0.6) is 0 Å². The van der Waals surface area contributed by atoms with Crippen molar-refractivity contribution >= 4 is 5.91 Å². The highest BCUT2D eigenvalue weighted by molar-refractivity contribution is 5.86. The molecule has 1 amide bonds. The standard InChI is InChI=1S/C14H24N2O/c1-11(12-7-3-2-4-8-12)16-13(17)14(15)9-5-6-10-14/h7,11H,2-6,8-10,15H2,1H3,(H,16,17). The van der Waals surface area contributed by atoms with Crippen molar-refractivity contribution in [3.63, 3.8) is 0 Å². The third-order valence-electron chi connectivity index (χ3n) is 4.18. The second-order valence-electron chi connectivity index (χ2n) is 5.58. The maximum Gasteiger partial charge on any atom is 0.240 e. The fourth-order valence-electron chi connectivity index (χ4n) is 2.92. The molecule has 0 radical (unpaired) electrons. The number of carbonyl (C=O) groups excluding carboxylic acids is 1. The summed E-state index contributed by atoms with van der Waals surface area (Å²) in [5, 5.41) is 3.10. The van der Waals surface area contributed by atoms with Crippen LogP contribution in [-0.4, -0.2) is 17.5 Å². The van der Waals surface area contributed by atoms with Gasteiger partial charge in [0.25, 0.3) is 0 Å². The quantitative estimate of drug-likeness (QED) is 0.738. The monoisotopic (exact) mass is 236 g/mol. The van der Waals surface area contributed by atoms with E-state index in [0.717, 1.165) is 38.5 Å². The molecule has 0 bridgehead atoms. The molecule has 2 rings (SSSR count). The third kappa shape index (κ3) is 2.89. The topological polar surface area (TPSA) is 55.1 Å². The largest absolute Gasteiger partial charge is 0.348 e. The maximum absolute atomic E-state index is 12.2. The van der Waals surface area contributed by atoms with Gasteiger partial charge in [-0.25, -0.2) is 0 Å². The summed E-state index contributed by atoms with van der Waals surface area (Å²) in [5.41, 5.74) is 6.94. The third-order valence-corrected chi connectivity index (χ3v) is 4.18. The van der Waals surface area contributed by atoms with Crippen LogP contribution >= 0.6 is 0 Å². The number of nitrogens with two attached hydrogens (primary N) is 1. The van der Waals surface area contributed by atoms with Crippen molar-refractivity contribution in [2.75, 3.05) is 0 Å². The smallest absolute Gasteiger partial charge is 0.240 e. The van der Waals surface area contributed by atoms with Crippen molar-refractivity contribution in [2.24, 2.45) is 5.73 Å². The summed E-state index contributed by atoms with van der Waals surface area (Å²) in [6.07, 6.45) is 10.9. The SMILES string of the molecule is CC(NC(=O)C1(N)CCCC1)C1=CCCCC1. The van der Waals surface area contributed by atoms with Crippen LogP contribution in [0.1, 0.15) is 58.3 Å². The Labute approximate surface area is 104 Å². The predicted octanol–water partition coefficient (Wildman–Crippen LogP) is 2.26. The molecule has 1 unspecified atom stereocenters. The highest BCUT2D eigenvalue weighted by Gasteiger charge is 2.37. The van der Waals surface area contributed by atoms with Gasteiger partial charge in [-0.2, -0.15) is 0 Å². The Hall–Kier alpha value is -0.830. The average molecular weight is 236 g/mol. The van der Waals surface area contributed by atoms with Crippen molar-refractivity contribution in [2.45, 2.75) is 69.9 Å². The van der Waals surface area contributed by atoms with Crippen molar-refractivity contribution < 1.29 is 4.79 Å². The second-order valence-corrected chi connectivity index (χ2v) is 5.58. The van der Waals surface area contributed by atoms with E-state index in [1.165, 1.54) is 18.4 Å². The first kappa shape index (κ1) is 12.6. The number of nitrogens with one attached hydrogen (secondary N) is 1. The second kappa shape index (κ2) is 5.21. The van der Waals surface area contributed by atoms with Gasteiger partial charge in [-0.3, -0.25) is 4.79 Å². The minimum atomic E-state index is -0.594. The van der Waals surface area contributed by atoms with Crippen LogP contribution in [0.3, 0.4) is 0 Å². The van der Waals surface area contributed by atoms with Gasteiger partial charge in [0.15, 0.2) is 0 Å². The van der Waals surface area contributed by atoms with Crippen LogP contribution < -0.4 is 11.1 Å². The Morgan fingerprint density at radius 2 is 2.06 bits per heavy atom. The first-order valence-electron chi connectivity index (χ1n) is 6.91. The van der Waals surface area contributed by atoms with E-state index in [-0.39, 0.29) is 11.9 Å². The van der Waals surface area contributed by atoms with Gasteiger partial charge in [0.1, 0.15) is 0 Å². The zero-order valence-corrected chi connectivity index (χ0v) is 10.8. The Bertz CT molecular complexity index is 316. The fraction of sp³-hybridized carbons (Fsp3) is 0.786. The molecule has 2 aliphatic carbocycles. The van der Waals surface area contributed by atoms with Crippen LogP contribution in [0.2, 0.25) is 0 Å². The molecule has 0 heterocycles. The van der Waals surface area contributed by atoms with E-state index in [0.29, 0.717) is 0 Å². The minimum Gasteiger partial charge on any atom is -0.348 e. The highest BCUT2D eigenvalue weighted by Crippen LogP contribution is 2.28. The van der Waals surface area contributed by atoms with Gasteiger partial charge in [0.05, 0.1) is 5.54 Å². The van der Waals surface area contributed by atoms with Gasteiger partial charge >= 0.3 is 0 Å². The minimum absolute atomic E-state index is 0.0500. The van der Waals surface area contributed by atoms with Crippen molar-refractivity contribution in [1.29, 1.82) is 0 Å². The highest BCUT2D eigenvalue weighted by atomic mass is 16.2. The zero-order valence-electron chi connectivity index (χ0n) is 10.8. The molecule has 1 saturated carbocycles. The van der Waals surface area contributed by atoms with Gasteiger partial charge in [0.2, 0.25) is 5.91 Å². The molecule has 1 fully saturated rings. The lowest BCUT2D eigenvalue weighted by Gasteiger charge is -2.27. The number of carbonyl (C=O) groups is 1. The van der Waals surface area contributed by atoms with E-state index in [2.05, 4.69) is 18.3 Å². The number of rotatable bonds is 3. The van der Waals surface area contributed by atoms with E-state index >= 15 is 0 Å². The summed E-state index contributed by atoms with van der Waals surface area (Å²) in [5.74, 6) is 0.0500. The van der Waals surface area contributed by atoms with Crippen molar-refractivity contribution in [1.82, 2.24) is 5.32 Å². The molecule has 0 aliphatic heterocycles. The van der Waals surface area contributed by atoms with E-state index in [1.54, 1.807) is 0 Å². The fourth-order valence-corrected chi connectivity index (χ4v) is 2.92. The van der Waals surface area contributed by atoms with Gasteiger partial charge in [-0.05, 0) is 45.4 Å². The van der Waals surface area contributed by atoms with Crippen LogP contribution in [0.4, 0.5) is 0 Å². The van der Waals surface area contributed by atoms with Crippen LogP contribution in [0.15, 0.2) is 11.6 Å². The van der Waals surface area contributed by atoms with Gasteiger partial charge < -0.3 is 11.1 Å². The summed E-state index contributed by atoms with van der Waals surface area (Å²) < 4.78 is 0. The predicted molar refractivity (Wildman–Crippen MR) is 69.5 cm³/mol. The number of hydrogen-bond acceptors (Lipinski definition) is 2. The summed E-state index contributed by atoms with van der Waals surface area (Å²) in [6.45, 7) is 2.08. The first-order valence-corrected chi connectivity index (χ1v) is 6.91. The molecule has 0 aromatic rings. The maximum atomic E-state index is 12.2. The normalized spacial score (nSPS) is 25.2. The van der Waals surface area contributed by atoms with Gasteiger partial charge in [-0.15, -0.1) is 0 Å². The average Bonchev–Trinajstić information content (AvgIpc) is 2.78. The van der Waals surface area contributed by atoms with E-state index < -0.39 is 5.54 Å². The molecule has 0 aromatic heterocycles. The first-order chi connectivity index (χ1) is 8.12. The van der Waals surface area contributed by atoms with Gasteiger partial charge in [-0.1, -0.05) is 24.5 Å². The molecule has 3 nitrogen and oxygen atoms in total. The molecule has 3 heteroatoms. The summed E-state index contributed by atoms with van der Waals surface area (Å²) in [4.78, 5) is 12.2. The Kier molecular flexibility index (Phi) is 3.87. The Balaban J connectivity index is 1.91. The lowest BCUT2D eigenvalue weighted by molar-refractivity contribution is -0.126. The summed E-state index contributed by atoms with van der Waals surface area (Å²) >= 11 is 0. The molecule has 0 spiro atoms. The van der Waals surface area contributed by atoms with Crippen LogP contribution in [0.25, 0.3) is 0 Å². The Morgan fingerprint density at radius 1 is 1.35 bits per heavy atom. The van der Waals surface area contributed by atoms with Gasteiger partial charge in [0, 0.05) is 6.04 Å². The lowest BCUT2D eigenvalue weighted by atomic mass is 9.93. The number of allylic oxidation sites excluding steroid dienone is 1. The van der Waals surface area contributed by atoms with E-state index in [4.69, 9.17) is 5.73 Å². The lowest BCUT2D eigenvalue weighted by Crippen LogP contribution is -2.54. The molecular weight excluding hydrogens is 212 g/mol. The molecule has 2 aliphatic rings. The molecule has 17 heavy (non-hydrogen) atoms. The molecule has 0 aromatic carbocycles.